The van der Waals surface area contributed by atoms with Gasteiger partial charge >= 0.3 is 6.09 Å². The first kappa shape index (κ1) is 15.3. The van der Waals surface area contributed by atoms with E-state index in [2.05, 4.69) is 33.4 Å². The fourth-order valence-corrected chi connectivity index (χ4v) is 3.07. The number of rotatable bonds is 4. The molecule has 23 heavy (non-hydrogen) atoms. The monoisotopic (exact) mass is 311 g/mol. The molecule has 1 fully saturated rings. The van der Waals surface area contributed by atoms with Gasteiger partial charge in [-0.15, -0.1) is 0 Å². The molecule has 5 nitrogen and oxygen atoms in total. The van der Waals surface area contributed by atoms with Gasteiger partial charge in [0, 0.05) is 31.4 Å². The predicted octanol–water partition coefficient (Wildman–Crippen LogP) is 3.23. The Hall–Kier alpha value is -2.56. The zero-order valence-electron chi connectivity index (χ0n) is 13.0. The van der Waals surface area contributed by atoms with Crippen molar-refractivity contribution >= 4 is 11.9 Å². The molecule has 2 N–H and O–H groups in total. The van der Waals surface area contributed by atoms with E-state index in [-0.39, 0.29) is 0 Å². The molecule has 1 aliphatic heterocycles. The van der Waals surface area contributed by atoms with Gasteiger partial charge in [-0.25, -0.2) is 9.78 Å². The molecule has 120 valence electrons. The molecule has 5 heteroatoms. The molecule has 1 amide bonds. The smallest absolute Gasteiger partial charge is 0.404 e. The van der Waals surface area contributed by atoms with E-state index >= 15 is 0 Å². The summed E-state index contributed by atoms with van der Waals surface area (Å²) in [6, 6.07) is 14.4. The second-order valence-corrected chi connectivity index (χ2v) is 5.86. The summed E-state index contributed by atoms with van der Waals surface area (Å²) < 4.78 is 0. The molecule has 2 heterocycles. The lowest BCUT2D eigenvalue weighted by Crippen LogP contribution is -2.38. The molecule has 1 aromatic carbocycles. The zero-order valence-corrected chi connectivity index (χ0v) is 13.0. The molecule has 0 bridgehead atoms. The number of piperidine rings is 1. The highest BCUT2D eigenvalue weighted by Gasteiger charge is 2.22. The van der Waals surface area contributed by atoms with Crippen molar-refractivity contribution in [2.24, 2.45) is 5.92 Å². The third-order valence-electron chi connectivity index (χ3n) is 4.33. The average Bonchev–Trinajstić information content (AvgIpc) is 2.61. The van der Waals surface area contributed by atoms with Crippen LogP contribution in [0.2, 0.25) is 0 Å². The van der Waals surface area contributed by atoms with Crippen LogP contribution >= 0.6 is 0 Å². The number of carboxylic acid groups (broad SMARTS) is 1. The Morgan fingerprint density at radius 2 is 1.91 bits per heavy atom. The molecule has 3 rings (SSSR count). The number of carbonyl (C=O) groups is 1. The largest absolute Gasteiger partial charge is 0.465 e. The maximum Gasteiger partial charge on any atom is 0.404 e. The first-order valence-corrected chi connectivity index (χ1v) is 7.96. The third-order valence-corrected chi connectivity index (χ3v) is 4.33. The second-order valence-electron chi connectivity index (χ2n) is 5.86. The van der Waals surface area contributed by atoms with Gasteiger partial charge in [-0.1, -0.05) is 30.3 Å². The molecular formula is C18H21N3O2. The van der Waals surface area contributed by atoms with Crippen LogP contribution in [0, 0.1) is 5.92 Å². The van der Waals surface area contributed by atoms with Crippen molar-refractivity contribution in [2.45, 2.75) is 12.8 Å². The Kier molecular flexibility index (Phi) is 4.76. The van der Waals surface area contributed by atoms with Gasteiger partial charge in [-0.3, -0.25) is 0 Å². The van der Waals surface area contributed by atoms with Crippen LogP contribution in [0.4, 0.5) is 10.6 Å². The minimum Gasteiger partial charge on any atom is -0.465 e. The number of amides is 1. The summed E-state index contributed by atoms with van der Waals surface area (Å²) in [4.78, 5) is 17.5. The number of benzene rings is 1. The van der Waals surface area contributed by atoms with Crippen molar-refractivity contribution in [3.8, 4) is 11.1 Å². The molecule has 0 saturated carbocycles. The van der Waals surface area contributed by atoms with Gasteiger partial charge in [-0.05, 0) is 36.5 Å². The van der Waals surface area contributed by atoms with Gasteiger partial charge in [0.15, 0.2) is 0 Å². The van der Waals surface area contributed by atoms with Gasteiger partial charge in [0.1, 0.15) is 5.82 Å². The molecule has 0 atom stereocenters. The van der Waals surface area contributed by atoms with Crippen LogP contribution < -0.4 is 10.2 Å². The van der Waals surface area contributed by atoms with Crippen LogP contribution in [-0.2, 0) is 0 Å². The molecule has 1 saturated heterocycles. The Labute approximate surface area is 136 Å². The first-order valence-electron chi connectivity index (χ1n) is 7.96. The van der Waals surface area contributed by atoms with Gasteiger partial charge in [-0.2, -0.15) is 0 Å². The number of anilines is 1. The first-order chi connectivity index (χ1) is 11.2. The summed E-state index contributed by atoms with van der Waals surface area (Å²) in [6.07, 6.45) is 2.85. The number of hydrogen-bond donors (Lipinski definition) is 2. The number of nitrogens with zero attached hydrogens (tertiary/aromatic N) is 2. The molecular weight excluding hydrogens is 290 g/mol. The summed E-state index contributed by atoms with van der Waals surface area (Å²) >= 11 is 0. The van der Waals surface area contributed by atoms with Crippen LogP contribution in [-0.4, -0.2) is 35.8 Å². The fourth-order valence-electron chi connectivity index (χ4n) is 3.07. The van der Waals surface area contributed by atoms with E-state index in [0.717, 1.165) is 37.3 Å². The van der Waals surface area contributed by atoms with Crippen molar-refractivity contribution in [3.05, 3.63) is 48.7 Å². The molecule has 0 spiro atoms. The molecule has 2 aromatic rings. The van der Waals surface area contributed by atoms with Gasteiger partial charge in [0.25, 0.3) is 0 Å². The summed E-state index contributed by atoms with van der Waals surface area (Å²) in [5, 5.41) is 11.2. The number of hydrogen-bond acceptors (Lipinski definition) is 3. The lowest BCUT2D eigenvalue weighted by Gasteiger charge is -2.33. The van der Waals surface area contributed by atoms with Crippen LogP contribution in [0.15, 0.2) is 48.7 Å². The van der Waals surface area contributed by atoms with Crippen molar-refractivity contribution in [2.75, 3.05) is 24.5 Å². The van der Waals surface area contributed by atoms with Crippen molar-refractivity contribution in [1.82, 2.24) is 10.3 Å². The second kappa shape index (κ2) is 7.13. The Morgan fingerprint density at radius 3 is 2.61 bits per heavy atom. The van der Waals surface area contributed by atoms with Crippen molar-refractivity contribution in [3.63, 3.8) is 0 Å². The number of aromatic nitrogens is 1. The topological polar surface area (TPSA) is 65.5 Å². The minimum absolute atomic E-state index is 0.409. The van der Waals surface area contributed by atoms with Crippen LogP contribution in [0.1, 0.15) is 12.8 Å². The van der Waals surface area contributed by atoms with Crippen molar-refractivity contribution in [1.29, 1.82) is 0 Å². The lowest BCUT2D eigenvalue weighted by atomic mass is 9.96. The summed E-state index contributed by atoms with van der Waals surface area (Å²) in [6.45, 7) is 2.35. The maximum atomic E-state index is 10.6. The van der Waals surface area contributed by atoms with Crippen LogP contribution in [0.25, 0.3) is 11.1 Å². The van der Waals surface area contributed by atoms with Crippen molar-refractivity contribution < 1.29 is 9.90 Å². The molecule has 0 aliphatic carbocycles. The van der Waals surface area contributed by atoms with E-state index in [1.165, 1.54) is 5.56 Å². The predicted molar refractivity (Wildman–Crippen MR) is 90.6 cm³/mol. The van der Waals surface area contributed by atoms with E-state index in [1.54, 1.807) is 0 Å². The molecule has 1 aromatic heterocycles. The van der Waals surface area contributed by atoms with E-state index in [4.69, 9.17) is 5.11 Å². The quantitative estimate of drug-likeness (QED) is 0.910. The third kappa shape index (κ3) is 3.80. The van der Waals surface area contributed by atoms with Gasteiger partial charge < -0.3 is 15.3 Å². The lowest BCUT2D eigenvalue weighted by molar-refractivity contribution is 0.191. The SMILES string of the molecule is O=C(O)NCC1CCN(c2ncccc2-c2ccccc2)CC1. The van der Waals surface area contributed by atoms with Gasteiger partial charge in [0.2, 0.25) is 0 Å². The average molecular weight is 311 g/mol. The Balaban J connectivity index is 1.71. The maximum absolute atomic E-state index is 10.6. The molecule has 0 unspecified atom stereocenters. The minimum atomic E-state index is -0.941. The highest BCUT2D eigenvalue weighted by molar-refractivity contribution is 5.75. The van der Waals surface area contributed by atoms with E-state index in [1.807, 2.05) is 30.5 Å². The number of pyridine rings is 1. The summed E-state index contributed by atoms with van der Waals surface area (Å²) in [5.74, 6) is 1.43. The van der Waals surface area contributed by atoms with Crippen LogP contribution in [0.5, 0.6) is 0 Å². The van der Waals surface area contributed by atoms with E-state index in [9.17, 15) is 4.79 Å². The van der Waals surface area contributed by atoms with E-state index < -0.39 is 6.09 Å². The number of nitrogens with one attached hydrogen (secondary N) is 1. The Bertz CT molecular complexity index is 652. The fraction of sp³-hybridized carbons (Fsp3) is 0.333. The highest BCUT2D eigenvalue weighted by atomic mass is 16.4. The normalized spacial score (nSPS) is 15.4. The standard InChI is InChI=1S/C18H21N3O2/c22-18(23)20-13-14-8-11-21(12-9-14)17-16(7-4-10-19-17)15-5-2-1-3-6-15/h1-7,10,14,20H,8-9,11-13H2,(H,22,23). The summed E-state index contributed by atoms with van der Waals surface area (Å²) in [7, 11) is 0. The molecule has 1 aliphatic rings. The Morgan fingerprint density at radius 1 is 1.17 bits per heavy atom. The van der Waals surface area contributed by atoms with E-state index in [0.29, 0.717) is 12.5 Å². The highest BCUT2D eigenvalue weighted by Crippen LogP contribution is 2.31. The zero-order chi connectivity index (χ0) is 16.1. The summed E-state index contributed by atoms with van der Waals surface area (Å²) in [5.41, 5.74) is 2.32. The van der Waals surface area contributed by atoms with Gasteiger partial charge in [0.05, 0.1) is 0 Å². The molecule has 0 radical (unpaired) electrons. The van der Waals surface area contributed by atoms with Crippen LogP contribution in [0.3, 0.4) is 0 Å².